The summed E-state index contributed by atoms with van der Waals surface area (Å²) in [6, 6.07) is 2.55. The highest BCUT2D eigenvalue weighted by Gasteiger charge is 2.24. The smallest absolute Gasteiger partial charge is 0.226 e. The minimum atomic E-state index is 0.209. The molecule has 1 aliphatic rings. The number of nitrogens with one attached hydrogen (secondary N) is 2. The number of H-pyrrole nitrogens is 1. The first kappa shape index (κ1) is 14.9. The molecule has 6 nitrogen and oxygen atoms in total. The van der Waals surface area contributed by atoms with Gasteiger partial charge in [-0.05, 0) is 59.9 Å². The molecule has 4 rings (SSSR count). The number of thiophene rings is 1. The molecule has 0 spiro atoms. The van der Waals surface area contributed by atoms with Gasteiger partial charge >= 0.3 is 0 Å². The van der Waals surface area contributed by atoms with E-state index < -0.39 is 0 Å². The van der Waals surface area contributed by atoms with Gasteiger partial charge in [-0.1, -0.05) is 0 Å². The van der Waals surface area contributed by atoms with Crippen molar-refractivity contribution < 1.29 is 0 Å². The number of aromatic nitrogens is 4. The Labute approximate surface area is 142 Å². The minimum Gasteiger partial charge on any atom is -0.366 e. The van der Waals surface area contributed by atoms with Crippen molar-refractivity contribution in [3.8, 4) is 0 Å². The fourth-order valence-corrected chi connectivity index (χ4v) is 3.98. The number of hydrogen-bond donors (Lipinski definition) is 2. The third-order valence-electron chi connectivity index (χ3n) is 4.23. The van der Waals surface area contributed by atoms with Gasteiger partial charge in [0, 0.05) is 6.54 Å². The van der Waals surface area contributed by atoms with Crippen LogP contribution in [-0.4, -0.2) is 44.5 Å². The summed E-state index contributed by atoms with van der Waals surface area (Å²) in [6.45, 7) is 3.07. The van der Waals surface area contributed by atoms with E-state index in [1.807, 2.05) is 0 Å². The maximum atomic E-state index is 6.00. The first-order valence-electron chi connectivity index (χ1n) is 7.68. The van der Waals surface area contributed by atoms with Gasteiger partial charge < -0.3 is 10.3 Å². The molecule has 3 aromatic rings. The molecule has 23 heavy (non-hydrogen) atoms. The second-order valence-electron chi connectivity index (χ2n) is 5.64. The van der Waals surface area contributed by atoms with Crippen LogP contribution in [0.15, 0.2) is 23.2 Å². The molecule has 0 saturated carbocycles. The summed E-state index contributed by atoms with van der Waals surface area (Å²) < 4.78 is 0. The quantitative estimate of drug-likeness (QED) is 0.692. The third kappa shape index (κ3) is 3.04. The van der Waals surface area contributed by atoms with Crippen LogP contribution in [0.5, 0.6) is 0 Å². The highest BCUT2D eigenvalue weighted by atomic mass is 35.5. The van der Waals surface area contributed by atoms with Crippen LogP contribution in [0.3, 0.4) is 0 Å². The molecule has 8 heteroatoms. The van der Waals surface area contributed by atoms with E-state index in [0.29, 0.717) is 17.5 Å². The number of halogens is 1. The van der Waals surface area contributed by atoms with Gasteiger partial charge in [-0.3, -0.25) is 4.90 Å². The predicted molar refractivity (Wildman–Crippen MR) is 93.1 cm³/mol. The highest BCUT2D eigenvalue weighted by molar-refractivity contribution is 7.07. The Hall–Kier alpha value is -1.70. The summed E-state index contributed by atoms with van der Waals surface area (Å²) in [5.74, 6) is 0.705. The van der Waals surface area contributed by atoms with E-state index in [2.05, 4.69) is 47.0 Å². The molecule has 2 N–H and O–H groups in total. The number of hydrogen-bond acceptors (Lipinski definition) is 6. The summed E-state index contributed by atoms with van der Waals surface area (Å²) in [5.41, 5.74) is 2.73. The molecule has 1 fully saturated rings. The van der Waals surface area contributed by atoms with Crippen LogP contribution in [0.2, 0.25) is 5.28 Å². The summed E-state index contributed by atoms with van der Waals surface area (Å²) >= 11 is 7.74. The molecule has 3 aromatic heterocycles. The molecule has 1 aliphatic heterocycles. The monoisotopic (exact) mass is 348 g/mol. The number of aromatic amines is 1. The Morgan fingerprint density at radius 2 is 2.22 bits per heavy atom. The number of anilines is 1. The van der Waals surface area contributed by atoms with Crippen molar-refractivity contribution in [3.63, 3.8) is 0 Å². The van der Waals surface area contributed by atoms with Crippen LogP contribution in [0, 0.1) is 0 Å². The molecular weight excluding hydrogens is 332 g/mol. The summed E-state index contributed by atoms with van der Waals surface area (Å²) in [7, 11) is 0. The summed E-state index contributed by atoms with van der Waals surface area (Å²) in [5, 5.41) is 8.00. The largest absolute Gasteiger partial charge is 0.366 e. The van der Waals surface area contributed by atoms with E-state index in [4.69, 9.17) is 11.6 Å². The maximum Gasteiger partial charge on any atom is 0.226 e. The Balaban J connectivity index is 1.58. The van der Waals surface area contributed by atoms with Crippen LogP contribution in [0.4, 0.5) is 5.82 Å². The van der Waals surface area contributed by atoms with Crippen molar-refractivity contribution >= 4 is 39.9 Å². The number of likely N-dealkylation sites (tertiary alicyclic amines) is 1. The summed E-state index contributed by atoms with van der Waals surface area (Å²) in [4.78, 5) is 18.2. The topological polar surface area (TPSA) is 69.7 Å². The van der Waals surface area contributed by atoms with Gasteiger partial charge in [0.15, 0.2) is 11.5 Å². The second-order valence-corrected chi connectivity index (χ2v) is 6.76. The zero-order valence-electron chi connectivity index (χ0n) is 12.5. The molecule has 0 radical (unpaired) electrons. The number of fused-ring (bicyclic) bond motifs is 1. The van der Waals surface area contributed by atoms with Gasteiger partial charge in [0.25, 0.3) is 0 Å². The number of nitrogens with zero attached hydrogens (tertiary/aromatic N) is 4. The van der Waals surface area contributed by atoms with Gasteiger partial charge in [-0.15, -0.1) is 0 Å². The maximum absolute atomic E-state index is 6.00. The number of rotatable bonds is 5. The van der Waals surface area contributed by atoms with Crippen molar-refractivity contribution in [1.29, 1.82) is 0 Å². The zero-order chi connectivity index (χ0) is 15.6. The molecule has 1 saturated heterocycles. The van der Waals surface area contributed by atoms with Gasteiger partial charge in [-0.2, -0.15) is 21.3 Å². The van der Waals surface area contributed by atoms with Crippen LogP contribution >= 0.6 is 22.9 Å². The zero-order valence-corrected chi connectivity index (χ0v) is 14.1. The molecule has 1 unspecified atom stereocenters. The Morgan fingerprint density at radius 1 is 1.35 bits per heavy atom. The highest BCUT2D eigenvalue weighted by Crippen LogP contribution is 2.28. The standard InChI is InChI=1S/C15H17ClN6S/c16-15-20-13(12-14(21-15)19-9-18-12)17-7-11(10-3-6-23-8-10)22-4-1-2-5-22/h3,6,8-9,11H,1-2,4-5,7H2,(H2,17,18,19,20,21). The van der Waals surface area contributed by atoms with E-state index in [1.54, 1.807) is 17.7 Å². The van der Waals surface area contributed by atoms with E-state index in [-0.39, 0.29) is 5.28 Å². The average molecular weight is 349 g/mol. The Kier molecular flexibility index (Phi) is 4.15. The Bertz CT molecular complexity index is 780. The lowest BCUT2D eigenvalue weighted by atomic mass is 10.1. The predicted octanol–water partition coefficient (Wildman–Crippen LogP) is 3.32. The molecular formula is C15H17ClN6S. The fraction of sp³-hybridized carbons (Fsp3) is 0.400. The lowest BCUT2D eigenvalue weighted by molar-refractivity contribution is 0.256. The number of imidazole rings is 1. The molecule has 0 aliphatic carbocycles. The van der Waals surface area contributed by atoms with Gasteiger partial charge in [0.1, 0.15) is 5.52 Å². The summed E-state index contributed by atoms with van der Waals surface area (Å²) in [6.07, 6.45) is 4.15. The molecule has 0 amide bonds. The van der Waals surface area contributed by atoms with Crippen LogP contribution in [0.1, 0.15) is 24.4 Å². The fourth-order valence-electron chi connectivity index (χ4n) is 3.10. The van der Waals surface area contributed by atoms with Crippen molar-refractivity contribution in [2.45, 2.75) is 18.9 Å². The van der Waals surface area contributed by atoms with Crippen molar-refractivity contribution in [2.75, 3.05) is 25.0 Å². The van der Waals surface area contributed by atoms with Crippen molar-refractivity contribution in [1.82, 2.24) is 24.8 Å². The lowest BCUT2D eigenvalue weighted by Gasteiger charge is -2.27. The van der Waals surface area contributed by atoms with Crippen LogP contribution in [-0.2, 0) is 0 Å². The second kappa shape index (κ2) is 6.43. The average Bonchev–Trinajstić information content (AvgIpc) is 3.29. The molecule has 4 heterocycles. The van der Waals surface area contributed by atoms with E-state index in [1.165, 1.54) is 18.4 Å². The third-order valence-corrected chi connectivity index (χ3v) is 5.10. The van der Waals surface area contributed by atoms with Crippen molar-refractivity contribution in [3.05, 3.63) is 34.0 Å². The van der Waals surface area contributed by atoms with Gasteiger partial charge in [0.05, 0.1) is 12.4 Å². The first-order chi connectivity index (χ1) is 11.3. The van der Waals surface area contributed by atoms with E-state index in [0.717, 1.165) is 25.2 Å². The van der Waals surface area contributed by atoms with E-state index >= 15 is 0 Å². The molecule has 120 valence electrons. The SMILES string of the molecule is Clc1nc(NCC(c2ccsc2)N2CCCC2)c2[nH]cnc2n1. The van der Waals surface area contributed by atoms with Crippen LogP contribution in [0.25, 0.3) is 11.2 Å². The molecule has 0 aromatic carbocycles. The molecule has 1 atom stereocenters. The normalized spacial score (nSPS) is 16.9. The van der Waals surface area contributed by atoms with Crippen molar-refractivity contribution in [2.24, 2.45) is 0 Å². The Morgan fingerprint density at radius 3 is 3.00 bits per heavy atom. The molecule has 0 bridgehead atoms. The van der Waals surface area contributed by atoms with Gasteiger partial charge in [-0.25, -0.2) is 4.98 Å². The van der Waals surface area contributed by atoms with E-state index in [9.17, 15) is 0 Å². The van der Waals surface area contributed by atoms with Gasteiger partial charge in [0.2, 0.25) is 5.28 Å². The van der Waals surface area contributed by atoms with Crippen LogP contribution < -0.4 is 5.32 Å². The lowest BCUT2D eigenvalue weighted by Crippen LogP contribution is -2.31. The minimum absolute atomic E-state index is 0.209. The first-order valence-corrected chi connectivity index (χ1v) is 9.00.